The van der Waals surface area contributed by atoms with Crippen molar-refractivity contribution in [1.82, 2.24) is 9.97 Å². The van der Waals surface area contributed by atoms with Gasteiger partial charge in [-0.15, -0.1) is 11.3 Å². The summed E-state index contributed by atoms with van der Waals surface area (Å²) in [5, 5.41) is 5.74. The van der Waals surface area contributed by atoms with Crippen molar-refractivity contribution in [3.63, 3.8) is 0 Å². The highest BCUT2D eigenvalue weighted by molar-refractivity contribution is 7.19. The summed E-state index contributed by atoms with van der Waals surface area (Å²) >= 11 is 2.77. The normalized spacial score (nSPS) is 11.1. The van der Waals surface area contributed by atoms with E-state index in [-0.39, 0.29) is 5.91 Å². The van der Waals surface area contributed by atoms with Crippen molar-refractivity contribution in [3.05, 3.63) is 52.5 Å². The third-order valence-electron chi connectivity index (χ3n) is 3.29. The second-order valence-corrected chi connectivity index (χ2v) is 7.13. The van der Waals surface area contributed by atoms with E-state index in [1.807, 2.05) is 43.5 Å². The topological polar surface area (TPSA) is 80.9 Å². The number of nitrogens with one attached hydrogen (secondary N) is 1. The molecule has 5 nitrogen and oxygen atoms in total. The van der Waals surface area contributed by atoms with Gasteiger partial charge in [0.25, 0.3) is 0 Å². The van der Waals surface area contributed by atoms with Gasteiger partial charge in [-0.25, -0.2) is 9.97 Å². The van der Waals surface area contributed by atoms with E-state index in [0.717, 1.165) is 21.8 Å². The first kappa shape index (κ1) is 16.4. The lowest BCUT2D eigenvalue weighted by atomic mass is 10.1. The molecule has 0 aliphatic carbocycles. The molecule has 0 fully saturated rings. The number of carbonyl (C=O) groups excluding carboxylic acids is 1. The van der Waals surface area contributed by atoms with Crippen LogP contribution in [0.5, 0.6) is 0 Å². The lowest BCUT2D eigenvalue weighted by molar-refractivity contribution is -0.111. The number of nitrogens with two attached hydrogens (primary N) is 1. The summed E-state index contributed by atoms with van der Waals surface area (Å²) in [6.07, 6.45) is 3.28. The highest BCUT2D eigenvalue weighted by Crippen LogP contribution is 2.33. The Balaban J connectivity index is 1.69. The van der Waals surface area contributed by atoms with Crippen molar-refractivity contribution >= 4 is 44.9 Å². The Hall–Kier alpha value is -2.51. The van der Waals surface area contributed by atoms with Crippen molar-refractivity contribution in [3.8, 4) is 10.6 Å². The van der Waals surface area contributed by atoms with Crippen LogP contribution in [0, 0.1) is 13.8 Å². The monoisotopic (exact) mass is 356 g/mol. The fourth-order valence-electron chi connectivity index (χ4n) is 2.08. The number of anilines is 2. The first-order chi connectivity index (χ1) is 11.5. The third-order valence-corrected chi connectivity index (χ3v) is 5.06. The fourth-order valence-corrected chi connectivity index (χ4v) is 3.63. The predicted octanol–water partition coefficient (Wildman–Crippen LogP) is 4.12. The van der Waals surface area contributed by atoms with Crippen LogP contribution in [0.15, 0.2) is 35.7 Å². The summed E-state index contributed by atoms with van der Waals surface area (Å²) < 4.78 is 0. The van der Waals surface area contributed by atoms with Crippen LogP contribution in [0.1, 0.15) is 16.8 Å². The molecule has 0 atom stereocenters. The molecule has 1 aromatic carbocycles. The number of thiazole rings is 2. The molecule has 0 aliphatic rings. The molecule has 0 saturated carbocycles. The fraction of sp³-hybridized carbons (Fsp3) is 0.118. The molecular weight excluding hydrogens is 340 g/mol. The minimum Gasteiger partial charge on any atom is -0.375 e. The number of hydrogen-bond donors (Lipinski definition) is 2. The number of hydrogen-bond acceptors (Lipinski definition) is 6. The smallest absolute Gasteiger partial charge is 0.250 e. The Morgan fingerprint density at radius 3 is 2.62 bits per heavy atom. The second kappa shape index (κ2) is 6.94. The molecule has 0 spiro atoms. The largest absolute Gasteiger partial charge is 0.375 e. The maximum Gasteiger partial charge on any atom is 0.250 e. The lowest BCUT2D eigenvalue weighted by Crippen LogP contribution is -2.07. The molecule has 3 N–H and O–H groups in total. The molecule has 24 heavy (non-hydrogen) atoms. The summed E-state index contributed by atoms with van der Waals surface area (Å²) in [5.74, 6) is -0.214. The van der Waals surface area contributed by atoms with Gasteiger partial charge in [-0.2, -0.15) is 0 Å². The first-order valence-electron chi connectivity index (χ1n) is 7.26. The van der Waals surface area contributed by atoms with Gasteiger partial charge in [0.1, 0.15) is 0 Å². The zero-order valence-corrected chi connectivity index (χ0v) is 14.9. The van der Waals surface area contributed by atoms with E-state index in [1.165, 1.54) is 34.3 Å². The van der Waals surface area contributed by atoms with Crippen LogP contribution < -0.4 is 11.1 Å². The highest BCUT2D eigenvalue weighted by atomic mass is 32.1. The van der Waals surface area contributed by atoms with Crippen LogP contribution in [-0.2, 0) is 4.79 Å². The second-order valence-electron chi connectivity index (χ2n) is 5.24. The maximum atomic E-state index is 12.0. The van der Waals surface area contributed by atoms with Crippen molar-refractivity contribution in [2.75, 3.05) is 11.1 Å². The number of rotatable bonds is 4. The zero-order valence-electron chi connectivity index (χ0n) is 13.2. The zero-order chi connectivity index (χ0) is 17.1. The van der Waals surface area contributed by atoms with Gasteiger partial charge in [0.2, 0.25) is 5.91 Å². The van der Waals surface area contributed by atoms with Gasteiger partial charge < -0.3 is 5.73 Å². The molecule has 0 saturated heterocycles. The Kier molecular flexibility index (Phi) is 4.73. The molecule has 2 aromatic heterocycles. The summed E-state index contributed by atoms with van der Waals surface area (Å²) in [6, 6.07) is 7.95. The first-order valence-corrected chi connectivity index (χ1v) is 8.95. The van der Waals surface area contributed by atoms with E-state index >= 15 is 0 Å². The van der Waals surface area contributed by atoms with Gasteiger partial charge in [0.15, 0.2) is 10.3 Å². The van der Waals surface area contributed by atoms with Crippen molar-refractivity contribution < 1.29 is 4.79 Å². The number of amides is 1. The molecule has 122 valence electrons. The number of aryl methyl sites for hydroxylation is 2. The third kappa shape index (κ3) is 3.87. The van der Waals surface area contributed by atoms with Gasteiger partial charge in [-0.05, 0) is 25.5 Å². The van der Waals surface area contributed by atoms with Crippen LogP contribution in [0.4, 0.5) is 10.3 Å². The van der Waals surface area contributed by atoms with E-state index in [2.05, 4.69) is 15.3 Å². The van der Waals surface area contributed by atoms with E-state index in [9.17, 15) is 4.79 Å². The molecule has 2 heterocycles. The molecule has 0 bridgehead atoms. The van der Waals surface area contributed by atoms with Gasteiger partial charge in [0, 0.05) is 11.5 Å². The molecule has 0 aliphatic heterocycles. The van der Waals surface area contributed by atoms with Gasteiger partial charge in [-0.1, -0.05) is 41.2 Å². The van der Waals surface area contributed by atoms with E-state index in [0.29, 0.717) is 10.3 Å². The summed E-state index contributed by atoms with van der Waals surface area (Å²) in [6.45, 7) is 3.91. The number of nitrogens with zero attached hydrogens (tertiary/aromatic N) is 2. The number of aromatic nitrogens is 2. The van der Waals surface area contributed by atoms with Gasteiger partial charge >= 0.3 is 0 Å². The van der Waals surface area contributed by atoms with Crippen molar-refractivity contribution in [2.24, 2.45) is 0 Å². The minimum absolute atomic E-state index is 0.214. The predicted molar refractivity (Wildman–Crippen MR) is 101 cm³/mol. The molecular formula is C17H16N4OS2. The van der Waals surface area contributed by atoms with E-state index in [1.54, 1.807) is 6.08 Å². The number of nitrogen functional groups attached to an aromatic ring is 1. The summed E-state index contributed by atoms with van der Waals surface area (Å²) in [4.78, 5) is 21.6. The Morgan fingerprint density at radius 1 is 1.21 bits per heavy atom. The summed E-state index contributed by atoms with van der Waals surface area (Å²) in [5.41, 5.74) is 9.45. The molecule has 1 amide bonds. The van der Waals surface area contributed by atoms with E-state index < -0.39 is 0 Å². The standard InChI is InChI=1S/C17H16N4OS2/c1-10-3-5-12(6-4-10)7-8-14(22)21-17-19-11(2)15(24-17)13-9-23-16(18)20-13/h3-9H,1-2H3,(H2,18,20)(H,19,21,22)/b8-7+. The lowest BCUT2D eigenvalue weighted by Gasteiger charge is -1.96. The van der Waals surface area contributed by atoms with E-state index in [4.69, 9.17) is 5.73 Å². The SMILES string of the molecule is Cc1ccc(/C=C/C(=O)Nc2nc(C)c(-c3csc(N)n3)s2)cc1. The van der Waals surface area contributed by atoms with Crippen LogP contribution in [-0.4, -0.2) is 15.9 Å². The Bertz CT molecular complexity index is 894. The Morgan fingerprint density at radius 2 is 1.96 bits per heavy atom. The van der Waals surface area contributed by atoms with Crippen LogP contribution in [0.2, 0.25) is 0 Å². The average Bonchev–Trinajstić information content (AvgIpc) is 3.12. The van der Waals surface area contributed by atoms with Gasteiger partial charge in [-0.3, -0.25) is 10.1 Å². The minimum atomic E-state index is -0.214. The summed E-state index contributed by atoms with van der Waals surface area (Å²) in [7, 11) is 0. The Labute approximate surface area is 147 Å². The van der Waals surface area contributed by atoms with Crippen molar-refractivity contribution in [1.29, 1.82) is 0 Å². The van der Waals surface area contributed by atoms with Gasteiger partial charge in [0.05, 0.1) is 16.3 Å². The van der Waals surface area contributed by atoms with Crippen LogP contribution in [0.3, 0.4) is 0 Å². The maximum absolute atomic E-state index is 12.0. The van der Waals surface area contributed by atoms with Crippen molar-refractivity contribution in [2.45, 2.75) is 13.8 Å². The molecule has 3 aromatic rings. The van der Waals surface area contributed by atoms with Crippen LogP contribution in [0.25, 0.3) is 16.6 Å². The molecule has 0 radical (unpaired) electrons. The molecule has 0 unspecified atom stereocenters. The highest BCUT2D eigenvalue weighted by Gasteiger charge is 2.13. The molecule has 7 heteroatoms. The number of carbonyl (C=O) groups is 1. The average molecular weight is 356 g/mol. The quantitative estimate of drug-likeness (QED) is 0.689. The number of benzene rings is 1. The molecule has 3 rings (SSSR count). The van der Waals surface area contributed by atoms with Crippen LogP contribution >= 0.6 is 22.7 Å².